The van der Waals surface area contributed by atoms with Gasteiger partial charge in [0.15, 0.2) is 0 Å². The quantitative estimate of drug-likeness (QED) is 0.787. The molecule has 0 bridgehead atoms. The van der Waals surface area contributed by atoms with Crippen LogP contribution in [-0.2, 0) is 0 Å². The molecule has 5 atom stereocenters. The van der Waals surface area contributed by atoms with Gasteiger partial charge in [-0.05, 0) is 60.3 Å². The largest absolute Gasteiger partial charge is 0.497 e. The average molecular weight is 330 g/mol. The van der Waals surface area contributed by atoms with Gasteiger partial charge in [0.25, 0.3) is 0 Å². The van der Waals surface area contributed by atoms with Crippen LogP contribution in [0.5, 0.6) is 5.75 Å². The molecule has 1 aromatic carbocycles. The van der Waals surface area contributed by atoms with E-state index in [2.05, 4.69) is 72.5 Å². The molecule has 1 fully saturated rings. The highest BCUT2D eigenvalue weighted by Gasteiger charge is 2.55. The Morgan fingerprint density at radius 3 is 2.39 bits per heavy atom. The van der Waals surface area contributed by atoms with E-state index in [1.54, 1.807) is 7.11 Å². The smallest absolute Gasteiger partial charge is 0.119 e. The van der Waals surface area contributed by atoms with Gasteiger partial charge >= 0.3 is 0 Å². The van der Waals surface area contributed by atoms with Crippen molar-refractivity contribution in [3.05, 3.63) is 48.1 Å². The van der Waals surface area contributed by atoms with Crippen LogP contribution in [0.4, 0.5) is 5.69 Å². The van der Waals surface area contributed by atoms with Gasteiger partial charge in [-0.1, -0.05) is 31.2 Å². The van der Waals surface area contributed by atoms with Crippen LogP contribution in [0.3, 0.4) is 0 Å². The predicted octanol–water partition coefficient (Wildman–Crippen LogP) is 4.58. The number of fused-ring (bicyclic) bond motifs is 5. The summed E-state index contributed by atoms with van der Waals surface area (Å²) in [5.41, 5.74) is 2.94. The minimum Gasteiger partial charge on any atom is -0.497 e. The molecule has 0 amide bonds. The molecule has 3 aliphatic rings. The van der Waals surface area contributed by atoms with Crippen LogP contribution in [0.2, 0.25) is 0 Å². The van der Waals surface area contributed by atoms with E-state index < -0.39 is 10.2 Å². The van der Waals surface area contributed by atoms with Gasteiger partial charge in [-0.2, -0.15) is 10.2 Å². The first-order valence-electron chi connectivity index (χ1n) is 8.44. The van der Waals surface area contributed by atoms with Crippen LogP contribution in [0.1, 0.15) is 18.4 Å². The Balaban J connectivity index is 1.90. The summed E-state index contributed by atoms with van der Waals surface area (Å²) in [5.74, 6) is 3.54. The summed E-state index contributed by atoms with van der Waals surface area (Å²) in [6, 6.07) is 7.31. The first kappa shape index (κ1) is 15.2. The number of ether oxygens (including phenoxy) is 1. The Morgan fingerprint density at radius 1 is 1.04 bits per heavy atom. The van der Waals surface area contributed by atoms with E-state index in [1.165, 1.54) is 11.3 Å². The second-order valence-corrected chi connectivity index (χ2v) is 11.8. The molecule has 0 saturated heterocycles. The molecule has 0 aromatic heterocycles. The second-order valence-electron chi connectivity index (χ2n) is 7.82. The maximum Gasteiger partial charge on any atom is 0.119 e. The molecule has 3 heteroatoms. The molecule has 2 aliphatic carbocycles. The van der Waals surface area contributed by atoms with E-state index in [0.717, 1.165) is 5.75 Å². The lowest BCUT2D eigenvalue weighted by Crippen LogP contribution is -2.37. The van der Waals surface area contributed by atoms with Gasteiger partial charge in [0.2, 0.25) is 0 Å². The molecule has 23 heavy (non-hydrogen) atoms. The molecule has 1 saturated carbocycles. The van der Waals surface area contributed by atoms with Crippen molar-refractivity contribution in [3.8, 4) is 5.75 Å². The number of hydrogen-bond donors (Lipinski definition) is 0. The Bertz CT molecular complexity index is 687. The van der Waals surface area contributed by atoms with E-state index in [9.17, 15) is 0 Å². The third-order valence-electron chi connectivity index (χ3n) is 5.84. The zero-order chi connectivity index (χ0) is 16.4. The number of benzene rings is 1. The SMILES string of the molecule is COc1ccc2c(c1)C1C3C=CC=CC3C(C)C1N2S(C)(C)C. The maximum absolute atomic E-state index is 5.53. The van der Waals surface area contributed by atoms with E-state index in [0.29, 0.717) is 29.7 Å². The normalized spacial score (nSPS) is 35.0. The minimum absolute atomic E-state index is 0.591. The second kappa shape index (κ2) is 5.07. The van der Waals surface area contributed by atoms with Gasteiger partial charge in [-0.15, -0.1) is 0 Å². The lowest BCUT2D eigenvalue weighted by atomic mass is 9.82. The lowest BCUT2D eigenvalue weighted by molar-refractivity contribution is 0.413. The van der Waals surface area contributed by atoms with Crippen molar-refractivity contribution in [2.75, 3.05) is 30.2 Å². The van der Waals surface area contributed by atoms with Crippen LogP contribution in [0.15, 0.2) is 42.5 Å². The molecule has 0 radical (unpaired) electrons. The third-order valence-corrected chi connectivity index (χ3v) is 7.46. The average Bonchev–Trinajstić information content (AvgIpc) is 3.01. The monoisotopic (exact) mass is 329 g/mol. The summed E-state index contributed by atoms with van der Waals surface area (Å²) in [6.07, 6.45) is 16.6. The maximum atomic E-state index is 5.53. The van der Waals surface area contributed by atoms with Crippen LogP contribution in [0, 0.1) is 17.8 Å². The van der Waals surface area contributed by atoms with Gasteiger partial charge in [0, 0.05) is 17.6 Å². The number of nitrogens with zero attached hydrogens (tertiary/aromatic N) is 1. The molecular weight excluding hydrogens is 302 g/mol. The van der Waals surface area contributed by atoms with Crippen molar-refractivity contribution in [1.29, 1.82) is 0 Å². The van der Waals surface area contributed by atoms with Crippen LogP contribution < -0.4 is 9.04 Å². The molecule has 0 N–H and O–H groups in total. The standard InChI is InChI=1S/C20H27NOS/c1-13-15-8-6-7-9-16(15)19-17-12-14(22-2)10-11-18(17)21(20(13)19)23(3,4)5/h6-13,15-16,19-20H,1-5H3. The predicted molar refractivity (Wildman–Crippen MR) is 102 cm³/mol. The number of allylic oxidation sites excluding steroid dienone is 4. The van der Waals surface area contributed by atoms with Crippen molar-refractivity contribution in [3.63, 3.8) is 0 Å². The van der Waals surface area contributed by atoms with Crippen molar-refractivity contribution in [2.24, 2.45) is 17.8 Å². The fourth-order valence-electron chi connectivity index (χ4n) is 5.01. The van der Waals surface area contributed by atoms with Crippen LogP contribution >= 0.6 is 10.2 Å². The van der Waals surface area contributed by atoms with Gasteiger partial charge < -0.3 is 9.04 Å². The third kappa shape index (κ3) is 2.09. The van der Waals surface area contributed by atoms with Gasteiger partial charge in [-0.25, -0.2) is 0 Å². The topological polar surface area (TPSA) is 12.5 Å². The minimum atomic E-state index is -0.821. The van der Waals surface area contributed by atoms with Crippen LogP contribution in [0.25, 0.3) is 0 Å². The summed E-state index contributed by atoms with van der Waals surface area (Å²) in [5, 5.41) is 0. The number of methoxy groups -OCH3 is 1. The summed E-state index contributed by atoms with van der Waals surface area (Å²) >= 11 is 0. The Hall–Kier alpha value is -1.35. The first-order chi connectivity index (χ1) is 10.9. The fourth-order valence-corrected chi connectivity index (χ4v) is 6.82. The molecule has 5 unspecified atom stereocenters. The van der Waals surface area contributed by atoms with E-state index in [1.807, 2.05) is 0 Å². The summed E-state index contributed by atoms with van der Waals surface area (Å²) in [7, 11) is 0.947. The van der Waals surface area contributed by atoms with E-state index >= 15 is 0 Å². The first-order valence-corrected chi connectivity index (χ1v) is 11.3. The molecule has 2 nitrogen and oxygen atoms in total. The van der Waals surface area contributed by atoms with Gasteiger partial charge in [-0.3, -0.25) is 0 Å². The van der Waals surface area contributed by atoms with Crippen LogP contribution in [-0.4, -0.2) is 31.9 Å². The molecular formula is C20H27NOS. The molecule has 0 spiro atoms. The van der Waals surface area contributed by atoms with E-state index in [4.69, 9.17) is 4.74 Å². The molecule has 1 heterocycles. The molecule has 4 rings (SSSR count). The molecule has 1 aromatic rings. The van der Waals surface area contributed by atoms with Crippen molar-refractivity contribution in [1.82, 2.24) is 0 Å². The summed E-state index contributed by atoms with van der Waals surface area (Å²) < 4.78 is 8.29. The van der Waals surface area contributed by atoms with Crippen molar-refractivity contribution >= 4 is 15.9 Å². The summed E-state index contributed by atoms with van der Waals surface area (Å²) in [4.78, 5) is 0. The fraction of sp³-hybridized carbons (Fsp3) is 0.500. The highest BCUT2D eigenvalue weighted by molar-refractivity contribution is 8.33. The molecule has 124 valence electrons. The highest BCUT2D eigenvalue weighted by Crippen LogP contribution is 2.64. The number of hydrogen-bond acceptors (Lipinski definition) is 2. The number of rotatable bonds is 2. The Kier molecular flexibility index (Phi) is 3.35. The van der Waals surface area contributed by atoms with E-state index in [-0.39, 0.29) is 0 Å². The van der Waals surface area contributed by atoms with Crippen molar-refractivity contribution in [2.45, 2.75) is 18.9 Å². The zero-order valence-corrected chi connectivity index (χ0v) is 15.5. The Labute approximate surface area is 141 Å². The lowest BCUT2D eigenvalue weighted by Gasteiger charge is -2.45. The number of anilines is 1. The zero-order valence-electron chi connectivity index (χ0n) is 14.7. The summed E-state index contributed by atoms with van der Waals surface area (Å²) in [6.45, 7) is 2.45. The van der Waals surface area contributed by atoms with Gasteiger partial charge in [0.1, 0.15) is 5.75 Å². The van der Waals surface area contributed by atoms with Gasteiger partial charge in [0.05, 0.1) is 7.11 Å². The molecule has 1 aliphatic heterocycles. The van der Waals surface area contributed by atoms with Crippen molar-refractivity contribution < 1.29 is 4.74 Å². The Morgan fingerprint density at radius 2 is 1.74 bits per heavy atom. The highest BCUT2D eigenvalue weighted by atomic mass is 32.3.